The topological polar surface area (TPSA) is 46.2 Å². The Balaban J connectivity index is 2.95. The summed E-state index contributed by atoms with van der Waals surface area (Å²) >= 11 is 4.42. The molecule has 0 bridgehead atoms. The van der Waals surface area contributed by atoms with Crippen LogP contribution in [0.5, 0.6) is 0 Å². The second kappa shape index (κ2) is 4.08. The van der Waals surface area contributed by atoms with Crippen LogP contribution in [0.15, 0.2) is 20.1 Å². The normalized spacial score (nSPS) is 12.3. The van der Waals surface area contributed by atoms with E-state index in [9.17, 15) is 8.42 Å². The summed E-state index contributed by atoms with van der Waals surface area (Å²) in [6.45, 7) is 3.58. The molecule has 0 aliphatic carbocycles. The van der Waals surface area contributed by atoms with E-state index in [-0.39, 0.29) is 6.04 Å². The zero-order valence-corrected chi connectivity index (χ0v) is 10.5. The van der Waals surface area contributed by atoms with Gasteiger partial charge in [0.15, 0.2) is 0 Å². The summed E-state index contributed by atoms with van der Waals surface area (Å²) in [4.78, 5) is 0. The van der Waals surface area contributed by atoms with E-state index in [4.69, 9.17) is 0 Å². The van der Waals surface area contributed by atoms with Crippen molar-refractivity contribution < 1.29 is 8.42 Å². The maximum Gasteiger partial charge on any atom is 0.250 e. The molecule has 0 spiro atoms. The molecule has 0 fully saturated rings. The van der Waals surface area contributed by atoms with Crippen molar-refractivity contribution in [3.05, 3.63) is 15.9 Å². The van der Waals surface area contributed by atoms with E-state index >= 15 is 0 Å². The van der Waals surface area contributed by atoms with Crippen molar-refractivity contribution in [2.75, 3.05) is 0 Å². The molecular weight excluding hydrogens is 274 g/mol. The molecule has 13 heavy (non-hydrogen) atoms. The summed E-state index contributed by atoms with van der Waals surface area (Å²) in [5.41, 5.74) is 0. The highest BCUT2D eigenvalue weighted by Gasteiger charge is 2.16. The van der Waals surface area contributed by atoms with Gasteiger partial charge in [-0.2, -0.15) is 0 Å². The van der Waals surface area contributed by atoms with Gasteiger partial charge in [-0.05, 0) is 41.9 Å². The molecule has 0 aliphatic heterocycles. The molecule has 6 heteroatoms. The molecule has 0 aliphatic rings. The van der Waals surface area contributed by atoms with Crippen LogP contribution in [-0.4, -0.2) is 14.5 Å². The van der Waals surface area contributed by atoms with Crippen LogP contribution in [0.25, 0.3) is 0 Å². The third-order valence-corrected chi connectivity index (χ3v) is 4.98. The molecule has 74 valence electrons. The van der Waals surface area contributed by atoms with Crippen LogP contribution in [0, 0.1) is 0 Å². The van der Waals surface area contributed by atoms with E-state index in [0.717, 1.165) is 3.79 Å². The SMILES string of the molecule is CC(C)NS(=O)(=O)c1ccc(Br)s1. The van der Waals surface area contributed by atoms with Gasteiger partial charge in [0, 0.05) is 6.04 Å². The standard InChI is InChI=1S/C7H10BrNO2S2/c1-5(2)9-13(10,11)7-4-3-6(8)12-7/h3-5,9H,1-2H3. The highest BCUT2D eigenvalue weighted by atomic mass is 79.9. The Morgan fingerprint density at radius 3 is 2.46 bits per heavy atom. The molecular formula is C7H10BrNO2S2. The van der Waals surface area contributed by atoms with Gasteiger partial charge in [0.1, 0.15) is 4.21 Å². The predicted molar refractivity (Wildman–Crippen MR) is 57.5 cm³/mol. The molecule has 0 aromatic carbocycles. The summed E-state index contributed by atoms with van der Waals surface area (Å²) in [6.07, 6.45) is 0. The van der Waals surface area contributed by atoms with Gasteiger partial charge >= 0.3 is 0 Å². The van der Waals surface area contributed by atoms with Crippen LogP contribution in [0.1, 0.15) is 13.8 Å². The van der Waals surface area contributed by atoms with Crippen LogP contribution in [0.3, 0.4) is 0 Å². The minimum Gasteiger partial charge on any atom is -0.208 e. The van der Waals surface area contributed by atoms with E-state index < -0.39 is 10.0 Å². The average Bonchev–Trinajstić information content (AvgIpc) is 2.32. The molecule has 1 N–H and O–H groups in total. The number of hydrogen-bond acceptors (Lipinski definition) is 3. The van der Waals surface area contributed by atoms with Crippen LogP contribution in [-0.2, 0) is 10.0 Å². The minimum absolute atomic E-state index is 0.0779. The maximum atomic E-state index is 11.5. The lowest BCUT2D eigenvalue weighted by Crippen LogP contribution is -2.29. The van der Waals surface area contributed by atoms with Crippen molar-refractivity contribution in [3.63, 3.8) is 0 Å². The number of hydrogen-bond donors (Lipinski definition) is 1. The number of nitrogens with one attached hydrogen (secondary N) is 1. The summed E-state index contributed by atoms with van der Waals surface area (Å²) in [7, 11) is -3.30. The lowest BCUT2D eigenvalue weighted by Gasteiger charge is -2.06. The predicted octanol–water partition coefficient (Wildman–Crippen LogP) is 2.20. The largest absolute Gasteiger partial charge is 0.250 e. The molecule has 0 amide bonds. The van der Waals surface area contributed by atoms with Gasteiger partial charge in [-0.15, -0.1) is 11.3 Å². The average molecular weight is 284 g/mol. The molecule has 1 heterocycles. The Morgan fingerprint density at radius 1 is 1.46 bits per heavy atom. The van der Waals surface area contributed by atoms with Gasteiger partial charge in [-0.25, -0.2) is 13.1 Å². The highest BCUT2D eigenvalue weighted by molar-refractivity contribution is 9.11. The third-order valence-electron chi connectivity index (χ3n) is 1.20. The first-order valence-corrected chi connectivity index (χ1v) is 6.79. The van der Waals surface area contributed by atoms with Gasteiger partial charge in [0.05, 0.1) is 3.79 Å². The smallest absolute Gasteiger partial charge is 0.208 e. The summed E-state index contributed by atoms with van der Waals surface area (Å²) in [5.74, 6) is 0. The molecule has 0 saturated heterocycles. The van der Waals surface area contributed by atoms with E-state index in [1.54, 1.807) is 26.0 Å². The third kappa shape index (κ3) is 3.05. The first-order chi connectivity index (χ1) is 5.92. The van der Waals surface area contributed by atoms with Gasteiger partial charge in [-0.1, -0.05) is 0 Å². The Morgan fingerprint density at radius 2 is 2.08 bits per heavy atom. The first-order valence-electron chi connectivity index (χ1n) is 3.69. The first kappa shape index (κ1) is 11.2. The second-order valence-electron chi connectivity index (χ2n) is 2.83. The molecule has 3 nitrogen and oxygen atoms in total. The fourth-order valence-corrected chi connectivity index (χ4v) is 4.09. The zero-order chi connectivity index (χ0) is 10.1. The van der Waals surface area contributed by atoms with Crippen molar-refractivity contribution in [2.24, 2.45) is 0 Å². The van der Waals surface area contributed by atoms with Crippen LogP contribution < -0.4 is 4.72 Å². The van der Waals surface area contributed by atoms with Crippen LogP contribution in [0.4, 0.5) is 0 Å². The van der Waals surface area contributed by atoms with Gasteiger partial charge < -0.3 is 0 Å². The quantitative estimate of drug-likeness (QED) is 0.925. The Labute approximate surface area is 90.3 Å². The van der Waals surface area contributed by atoms with E-state index in [1.165, 1.54) is 11.3 Å². The molecule has 1 rings (SSSR count). The lowest BCUT2D eigenvalue weighted by molar-refractivity contribution is 0.572. The van der Waals surface area contributed by atoms with Gasteiger partial charge in [-0.3, -0.25) is 0 Å². The fraction of sp³-hybridized carbons (Fsp3) is 0.429. The molecule has 0 atom stereocenters. The van der Waals surface area contributed by atoms with E-state index in [1.807, 2.05) is 0 Å². The fourth-order valence-electron chi connectivity index (χ4n) is 0.811. The number of rotatable bonds is 3. The van der Waals surface area contributed by atoms with Crippen LogP contribution >= 0.6 is 27.3 Å². The van der Waals surface area contributed by atoms with Crippen molar-refractivity contribution in [2.45, 2.75) is 24.1 Å². The summed E-state index contributed by atoms with van der Waals surface area (Å²) in [5, 5.41) is 0. The molecule has 1 aromatic rings. The highest BCUT2D eigenvalue weighted by Crippen LogP contribution is 2.25. The lowest BCUT2D eigenvalue weighted by atomic mass is 10.4. The Hall–Kier alpha value is 0.0900. The van der Waals surface area contributed by atoms with Crippen LogP contribution in [0.2, 0.25) is 0 Å². The Bertz CT molecular complexity index is 383. The van der Waals surface area contributed by atoms with Crippen molar-refractivity contribution in [1.29, 1.82) is 0 Å². The van der Waals surface area contributed by atoms with E-state index in [2.05, 4.69) is 20.7 Å². The number of sulfonamides is 1. The number of halogens is 1. The molecule has 0 unspecified atom stereocenters. The molecule has 1 aromatic heterocycles. The van der Waals surface area contributed by atoms with E-state index in [0.29, 0.717) is 4.21 Å². The zero-order valence-electron chi connectivity index (χ0n) is 7.24. The molecule has 0 radical (unpaired) electrons. The second-order valence-corrected chi connectivity index (χ2v) is 7.24. The van der Waals surface area contributed by atoms with Crippen molar-refractivity contribution >= 4 is 37.3 Å². The molecule has 0 saturated carbocycles. The van der Waals surface area contributed by atoms with Gasteiger partial charge in [0.2, 0.25) is 10.0 Å². The number of thiophene rings is 1. The van der Waals surface area contributed by atoms with Gasteiger partial charge in [0.25, 0.3) is 0 Å². The minimum atomic E-state index is -3.30. The monoisotopic (exact) mass is 283 g/mol. The Kier molecular flexibility index (Phi) is 3.50. The summed E-state index contributed by atoms with van der Waals surface area (Å²) in [6, 6.07) is 3.23. The van der Waals surface area contributed by atoms with Crippen molar-refractivity contribution in [1.82, 2.24) is 4.72 Å². The maximum absolute atomic E-state index is 11.5. The summed E-state index contributed by atoms with van der Waals surface area (Å²) < 4.78 is 26.7. The van der Waals surface area contributed by atoms with Crippen molar-refractivity contribution in [3.8, 4) is 0 Å².